The largest absolute Gasteiger partial charge is 0.504 e. The average molecular weight is 473 g/mol. The Morgan fingerprint density at radius 2 is 2.03 bits per heavy atom. The summed E-state index contributed by atoms with van der Waals surface area (Å²) in [6, 6.07) is 7.21. The van der Waals surface area contributed by atoms with Gasteiger partial charge in [-0.25, -0.2) is 0 Å². The zero-order chi connectivity index (χ0) is 20.0. The number of hydrogen-bond acceptors (Lipinski definition) is 7. The van der Waals surface area contributed by atoms with E-state index >= 15 is 0 Å². The van der Waals surface area contributed by atoms with Crippen LogP contribution in [0.15, 0.2) is 29.2 Å². The molecule has 0 radical (unpaired) electrons. The van der Waals surface area contributed by atoms with Crippen LogP contribution in [0.1, 0.15) is 22.7 Å². The summed E-state index contributed by atoms with van der Waals surface area (Å²) >= 11 is 1.50. The molecule has 30 heavy (non-hydrogen) atoms. The minimum absolute atomic E-state index is 0. The lowest BCUT2D eigenvalue weighted by Gasteiger charge is -2.40. The minimum Gasteiger partial charge on any atom is -0.504 e. The number of nitrogens with zero attached hydrogens (tertiary/aromatic N) is 1. The number of benzene rings is 2. The third-order valence-electron chi connectivity index (χ3n) is 5.70. The molecule has 1 aliphatic heterocycles. The van der Waals surface area contributed by atoms with Gasteiger partial charge in [0.15, 0.2) is 11.5 Å². The molecular weight excluding hydrogens is 447 g/mol. The van der Waals surface area contributed by atoms with Gasteiger partial charge in [0.1, 0.15) is 6.04 Å². The van der Waals surface area contributed by atoms with Crippen LogP contribution < -0.4 is 5.73 Å². The number of carbonyl (C=O) groups excluding carboxylic acids is 1. The zero-order valence-electron chi connectivity index (χ0n) is 16.8. The molecule has 0 amide bonds. The number of esters is 1. The summed E-state index contributed by atoms with van der Waals surface area (Å²) in [5, 5.41) is 20.6. The van der Waals surface area contributed by atoms with Crippen molar-refractivity contribution in [2.75, 3.05) is 26.5 Å². The van der Waals surface area contributed by atoms with Gasteiger partial charge in [-0.1, -0.05) is 6.07 Å². The predicted octanol–water partition coefficient (Wildman–Crippen LogP) is 3.29. The van der Waals surface area contributed by atoms with Crippen molar-refractivity contribution in [3.05, 3.63) is 41.0 Å². The van der Waals surface area contributed by atoms with E-state index in [1.165, 1.54) is 30.0 Å². The van der Waals surface area contributed by atoms with Crippen LogP contribution in [0, 0.1) is 0 Å². The number of rotatable bonds is 4. The minimum atomic E-state index is -0.689. The highest BCUT2D eigenvalue weighted by Crippen LogP contribution is 2.51. The van der Waals surface area contributed by atoms with Gasteiger partial charge in [-0.05, 0) is 60.3 Å². The number of halogens is 2. The quantitative estimate of drug-likeness (QED) is 0.356. The molecular formula is C21H26Cl2N2O4S. The molecule has 1 heterocycles. The van der Waals surface area contributed by atoms with Gasteiger partial charge in [0.05, 0.1) is 7.11 Å². The van der Waals surface area contributed by atoms with Gasteiger partial charge in [0.2, 0.25) is 0 Å². The van der Waals surface area contributed by atoms with Crippen molar-refractivity contribution < 1.29 is 19.7 Å². The van der Waals surface area contributed by atoms with E-state index in [1.807, 2.05) is 12.1 Å². The van der Waals surface area contributed by atoms with E-state index in [1.54, 1.807) is 6.07 Å². The summed E-state index contributed by atoms with van der Waals surface area (Å²) in [6.07, 6.45) is 1.72. The number of likely N-dealkylation sites (N-methyl/N-ethyl adjacent to an activating group) is 1. The predicted molar refractivity (Wildman–Crippen MR) is 123 cm³/mol. The topological polar surface area (TPSA) is 96.0 Å². The summed E-state index contributed by atoms with van der Waals surface area (Å²) in [7, 11) is 3.46. The number of aromatic hydroxyl groups is 2. The fraction of sp³-hybridized carbons (Fsp3) is 0.381. The Bertz CT molecular complexity index is 957. The number of nitrogens with two attached hydrogens (primary N) is 1. The number of phenolic OH excluding ortho intramolecular Hbond substituents is 2. The summed E-state index contributed by atoms with van der Waals surface area (Å²) in [4.78, 5) is 14.9. The summed E-state index contributed by atoms with van der Waals surface area (Å²) in [5.41, 5.74) is 11.1. The van der Waals surface area contributed by atoms with Gasteiger partial charge in [-0.3, -0.25) is 9.69 Å². The van der Waals surface area contributed by atoms with E-state index in [9.17, 15) is 15.0 Å². The lowest BCUT2D eigenvalue weighted by atomic mass is 9.77. The monoisotopic (exact) mass is 472 g/mol. The van der Waals surface area contributed by atoms with Crippen LogP contribution in [0.5, 0.6) is 11.5 Å². The smallest absolute Gasteiger partial charge is 0.323 e. The Morgan fingerprint density at radius 1 is 1.30 bits per heavy atom. The number of ether oxygens (including phenoxy) is 1. The molecule has 0 bridgehead atoms. The molecule has 4 rings (SSSR count). The van der Waals surface area contributed by atoms with Crippen LogP contribution in [-0.2, 0) is 22.4 Å². The fourth-order valence-corrected chi connectivity index (χ4v) is 5.15. The lowest BCUT2D eigenvalue weighted by Crippen LogP contribution is -2.35. The Morgan fingerprint density at radius 3 is 2.73 bits per heavy atom. The van der Waals surface area contributed by atoms with E-state index in [0.717, 1.165) is 35.4 Å². The first-order valence-corrected chi connectivity index (χ1v) is 10.3. The van der Waals surface area contributed by atoms with Gasteiger partial charge < -0.3 is 20.7 Å². The maximum atomic E-state index is 11.6. The van der Waals surface area contributed by atoms with Gasteiger partial charge in [0.25, 0.3) is 0 Å². The second kappa shape index (κ2) is 9.66. The second-order valence-electron chi connectivity index (χ2n) is 7.40. The summed E-state index contributed by atoms with van der Waals surface area (Å²) < 4.78 is 4.70. The van der Waals surface area contributed by atoms with Crippen molar-refractivity contribution in [2.45, 2.75) is 29.8 Å². The molecule has 4 N–H and O–H groups in total. The molecule has 164 valence electrons. The van der Waals surface area contributed by atoms with Gasteiger partial charge in [0, 0.05) is 28.8 Å². The normalized spacial score (nSPS) is 17.6. The second-order valence-corrected chi connectivity index (χ2v) is 8.50. The van der Waals surface area contributed by atoms with E-state index in [2.05, 4.69) is 18.0 Å². The molecule has 9 heteroatoms. The van der Waals surface area contributed by atoms with Crippen LogP contribution in [0.25, 0.3) is 11.1 Å². The number of hydrogen-bond donors (Lipinski definition) is 3. The highest BCUT2D eigenvalue weighted by Gasteiger charge is 2.35. The highest BCUT2D eigenvalue weighted by molar-refractivity contribution is 7.99. The van der Waals surface area contributed by atoms with Crippen molar-refractivity contribution in [1.29, 1.82) is 0 Å². The Labute approximate surface area is 192 Å². The highest BCUT2D eigenvalue weighted by atomic mass is 35.5. The number of thioether (sulfide) groups is 1. The maximum absolute atomic E-state index is 11.6. The molecule has 2 aliphatic rings. The molecule has 2 atom stereocenters. The number of methoxy groups -OCH3 is 1. The number of fused-ring (bicyclic) bond motifs is 2. The first-order chi connectivity index (χ1) is 13.4. The van der Waals surface area contributed by atoms with Crippen LogP contribution in [0.3, 0.4) is 0 Å². The molecule has 2 aromatic carbocycles. The average Bonchev–Trinajstić information content (AvgIpc) is 2.70. The Kier molecular flexibility index (Phi) is 7.93. The first kappa shape index (κ1) is 24.6. The molecule has 2 aromatic rings. The van der Waals surface area contributed by atoms with Crippen LogP contribution >= 0.6 is 36.6 Å². The van der Waals surface area contributed by atoms with E-state index in [0.29, 0.717) is 11.3 Å². The van der Waals surface area contributed by atoms with Gasteiger partial charge in [-0.15, -0.1) is 36.6 Å². The SMILES string of the molecule is COC(=O)[C@@H](N)CSc1cc2c3c(c1)-c1c(ccc(O)c1O)C[C@H]3N(C)CC2.Cl.Cl. The number of carbonyl (C=O) groups is 1. The van der Waals surface area contributed by atoms with Gasteiger partial charge >= 0.3 is 5.97 Å². The summed E-state index contributed by atoms with van der Waals surface area (Å²) in [5.74, 6) is -0.199. The van der Waals surface area contributed by atoms with Crippen molar-refractivity contribution >= 4 is 42.5 Å². The molecule has 0 unspecified atom stereocenters. The molecule has 0 fully saturated rings. The maximum Gasteiger partial charge on any atom is 0.323 e. The van der Waals surface area contributed by atoms with E-state index < -0.39 is 12.0 Å². The van der Waals surface area contributed by atoms with Crippen LogP contribution in [0.4, 0.5) is 0 Å². The van der Waals surface area contributed by atoms with Crippen molar-refractivity contribution in [2.24, 2.45) is 5.73 Å². The summed E-state index contributed by atoms with van der Waals surface area (Å²) in [6.45, 7) is 0.965. The zero-order valence-corrected chi connectivity index (χ0v) is 19.2. The standard InChI is InChI=1S/C21H24N2O4S.2ClH/c1-23-6-5-12-7-13(28-10-15(22)21(26)27-2)9-14-18(12)16(23)8-11-3-4-17(24)20(25)19(11)14;;/h3-4,7,9,15-16,24-25H,5-6,8,10,22H2,1-2H3;2*1H/t15-,16+;;/m0../s1. The van der Waals surface area contributed by atoms with Crippen molar-refractivity contribution in [3.8, 4) is 22.6 Å². The molecule has 0 saturated heterocycles. The van der Waals surface area contributed by atoms with Crippen molar-refractivity contribution in [3.63, 3.8) is 0 Å². The Hall–Kier alpha value is -1.64. The third kappa shape index (κ3) is 4.22. The lowest BCUT2D eigenvalue weighted by molar-refractivity contribution is -0.141. The third-order valence-corrected chi connectivity index (χ3v) is 6.79. The molecule has 0 spiro atoms. The fourth-order valence-electron chi connectivity index (χ4n) is 4.21. The molecule has 0 saturated carbocycles. The number of phenols is 2. The molecule has 0 aromatic heterocycles. The van der Waals surface area contributed by atoms with Crippen LogP contribution in [-0.4, -0.2) is 53.6 Å². The molecule has 6 nitrogen and oxygen atoms in total. The van der Waals surface area contributed by atoms with E-state index in [-0.39, 0.29) is 42.4 Å². The Balaban J connectivity index is 0.00000160. The first-order valence-electron chi connectivity index (χ1n) is 9.28. The van der Waals surface area contributed by atoms with Crippen molar-refractivity contribution in [1.82, 2.24) is 4.90 Å². The van der Waals surface area contributed by atoms with Gasteiger partial charge in [-0.2, -0.15) is 0 Å². The molecule has 1 aliphatic carbocycles. The van der Waals surface area contributed by atoms with E-state index in [4.69, 9.17) is 10.5 Å². The van der Waals surface area contributed by atoms with Crippen LogP contribution in [0.2, 0.25) is 0 Å².